The minimum atomic E-state index is -0.373. The molecule has 0 saturated carbocycles. The molecule has 4 rings (SSSR count). The Bertz CT molecular complexity index is 1280. The maximum atomic E-state index is 13.9. The molecule has 0 aliphatic carbocycles. The Morgan fingerprint density at radius 2 is 2.10 bits per heavy atom. The number of amides is 2. The largest absolute Gasteiger partial charge is 0.353 e. The van der Waals surface area contributed by atoms with Gasteiger partial charge in [-0.2, -0.15) is 0 Å². The molecule has 1 aliphatic rings. The fourth-order valence-corrected chi connectivity index (χ4v) is 4.65. The highest BCUT2D eigenvalue weighted by Gasteiger charge is 2.29. The van der Waals surface area contributed by atoms with Crippen LogP contribution in [0.5, 0.6) is 0 Å². The van der Waals surface area contributed by atoms with Gasteiger partial charge in [0.1, 0.15) is 16.7 Å². The normalized spacial score (nSPS) is 15.2. The van der Waals surface area contributed by atoms with E-state index in [2.05, 4.69) is 20.3 Å². The Balaban J connectivity index is 1.66. The average Bonchev–Trinajstić information content (AvgIpc) is 3.27. The number of hydrogen-bond acceptors (Lipinski definition) is 7. The topological polar surface area (TPSA) is 111 Å². The third-order valence-corrected chi connectivity index (χ3v) is 6.61. The van der Waals surface area contributed by atoms with Gasteiger partial charge in [-0.25, -0.2) is 19.3 Å². The van der Waals surface area contributed by atoms with Gasteiger partial charge in [-0.3, -0.25) is 9.59 Å². The van der Waals surface area contributed by atoms with Gasteiger partial charge < -0.3 is 24.3 Å². The van der Waals surface area contributed by atoms with Gasteiger partial charge in [-0.05, 0) is 57.2 Å². The number of imidazole rings is 1. The van der Waals surface area contributed by atoms with Crippen LogP contribution in [-0.4, -0.2) is 69.3 Å². The van der Waals surface area contributed by atoms with Crippen LogP contribution in [0.15, 0.2) is 30.5 Å². The molecule has 1 unspecified atom stereocenters. The second-order valence-electron chi connectivity index (χ2n) is 9.14. The van der Waals surface area contributed by atoms with Crippen LogP contribution in [0, 0.1) is 12.7 Å². The van der Waals surface area contributed by atoms with E-state index in [0.717, 1.165) is 24.8 Å². The zero-order valence-corrected chi connectivity index (χ0v) is 22.8. The molecule has 2 aromatic heterocycles. The lowest BCUT2D eigenvalue weighted by Crippen LogP contribution is -2.35. The molecular weight excluding hydrogens is 527 g/mol. The number of carbonyl (C=O) groups excluding carboxylic acids is 2. The van der Waals surface area contributed by atoms with Crippen molar-refractivity contribution >= 4 is 29.7 Å². The van der Waals surface area contributed by atoms with E-state index in [1.165, 1.54) is 18.3 Å². The summed E-state index contributed by atoms with van der Waals surface area (Å²) in [5.41, 5.74) is 1.80. The Morgan fingerprint density at radius 1 is 1.31 bits per heavy atom. The first-order valence-corrected chi connectivity index (χ1v) is 13.4. The number of aryl methyl sites for hydroxylation is 1. The fraction of sp³-hybridized carbons (Fsp3) is 0.444. The van der Waals surface area contributed by atoms with Gasteiger partial charge in [0.2, 0.25) is 6.41 Å². The van der Waals surface area contributed by atoms with E-state index in [0.29, 0.717) is 56.3 Å². The van der Waals surface area contributed by atoms with Crippen molar-refractivity contribution in [2.24, 2.45) is 0 Å². The summed E-state index contributed by atoms with van der Waals surface area (Å²) in [6.45, 7) is 5.80. The summed E-state index contributed by atoms with van der Waals surface area (Å²) in [6.07, 6.45) is 5.27. The molecular formula is C27H32ClFN6O4. The molecule has 208 valence electrons. The summed E-state index contributed by atoms with van der Waals surface area (Å²) in [7, 11) is 0. The van der Waals surface area contributed by atoms with Crippen LogP contribution in [0.3, 0.4) is 0 Å². The van der Waals surface area contributed by atoms with Gasteiger partial charge >= 0.3 is 0 Å². The Hall–Kier alpha value is -3.41. The third-order valence-electron chi connectivity index (χ3n) is 6.43. The van der Waals surface area contributed by atoms with Crippen LogP contribution in [0.2, 0.25) is 5.15 Å². The van der Waals surface area contributed by atoms with Crippen molar-refractivity contribution in [1.82, 2.24) is 24.4 Å². The molecule has 0 radical (unpaired) electrons. The minimum Gasteiger partial charge on any atom is -0.353 e. The number of benzene rings is 1. The van der Waals surface area contributed by atoms with Crippen molar-refractivity contribution in [1.29, 1.82) is 0 Å². The zero-order valence-electron chi connectivity index (χ0n) is 22.0. The van der Waals surface area contributed by atoms with Gasteiger partial charge in [0, 0.05) is 26.2 Å². The van der Waals surface area contributed by atoms with Gasteiger partial charge in [0.25, 0.3) is 5.91 Å². The third kappa shape index (κ3) is 7.17. The van der Waals surface area contributed by atoms with Crippen molar-refractivity contribution in [3.63, 3.8) is 0 Å². The second kappa shape index (κ2) is 13.6. The van der Waals surface area contributed by atoms with Crippen LogP contribution < -0.4 is 5.32 Å². The van der Waals surface area contributed by atoms with Crippen LogP contribution in [-0.2, 0) is 20.8 Å². The lowest BCUT2D eigenvalue weighted by Gasteiger charge is -2.25. The summed E-state index contributed by atoms with van der Waals surface area (Å²) in [5, 5.41) is 2.78. The molecule has 3 heterocycles. The first-order valence-electron chi connectivity index (χ1n) is 13.0. The lowest BCUT2D eigenvalue weighted by molar-refractivity contribution is -0.162. The van der Waals surface area contributed by atoms with Crippen molar-refractivity contribution in [3.05, 3.63) is 58.4 Å². The number of hydrogen-bond donors (Lipinski definition) is 1. The molecule has 39 heavy (non-hydrogen) atoms. The average molecular weight is 559 g/mol. The highest BCUT2D eigenvalue weighted by molar-refractivity contribution is 6.29. The number of ether oxygens (including phenoxy) is 2. The molecule has 12 heteroatoms. The number of halogens is 2. The monoisotopic (exact) mass is 558 g/mol. The van der Waals surface area contributed by atoms with Crippen molar-refractivity contribution in [2.75, 3.05) is 31.6 Å². The summed E-state index contributed by atoms with van der Waals surface area (Å²) in [4.78, 5) is 40.4. The Morgan fingerprint density at radius 3 is 2.77 bits per heavy atom. The molecule has 0 bridgehead atoms. The SMILES string of the molecule is CCN(CCCOC1CCCCO1)C(=O)c1c(NC=O)nc(-c2ncc(Cl)nc2C)n1Cc1ccc(F)cc1. The standard InChI is InChI=1S/C27H32ClFN6O4/c1-3-34(12-6-14-39-22-7-4-5-13-38-22)27(37)24-25(31-17-36)33-26(23-18(2)32-21(28)15-30-23)35(24)16-19-8-10-20(29)11-9-19/h8-11,15,17,22H,3-7,12-14,16H2,1-2H3,(H,31,36). The van der Waals surface area contributed by atoms with Crippen LogP contribution in [0.1, 0.15) is 54.4 Å². The predicted molar refractivity (Wildman–Crippen MR) is 144 cm³/mol. The number of carbonyl (C=O) groups is 2. The first-order chi connectivity index (χ1) is 18.9. The molecule has 1 N–H and O–H groups in total. The van der Waals surface area contributed by atoms with Crippen LogP contribution in [0.4, 0.5) is 10.2 Å². The predicted octanol–water partition coefficient (Wildman–Crippen LogP) is 4.45. The number of nitrogens with zero attached hydrogens (tertiary/aromatic N) is 5. The molecule has 3 aromatic rings. The van der Waals surface area contributed by atoms with Crippen LogP contribution >= 0.6 is 11.6 Å². The van der Waals surface area contributed by atoms with E-state index < -0.39 is 0 Å². The molecule has 1 aromatic carbocycles. The van der Waals surface area contributed by atoms with E-state index in [4.69, 9.17) is 21.1 Å². The molecule has 1 aliphatic heterocycles. The molecule has 1 fully saturated rings. The number of anilines is 1. The summed E-state index contributed by atoms with van der Waals surface area (Å²) in [6, 6.07) is 5.95. The molecule has 1 saturated heterocycles. The number of rotatable bonds is 12. The van der Waals surface area contributed by atoms with E-state index in [1.54, 1.807) is 28.5 Å². The Kier molecular flexibility index (Phi) is 9.96. The maximum Gasteiger partial charge on any atom is 0.274 e. The van der Waals surface area contributed by atoms with Gasteiger partial charge in [-0.15, -0.1) is 0 Å². The summed E-state index contributed by atoms with van der Waals surface area (Å²) >= 11 is 6.02. The summed E-state index contributed by atoms with van der Waals surface area (Å²) in [5.74, 6) is -0.283. The van der Waals surface area contributed by atoms with Gasteiger partial charge in [0.15, 0.2) is 23.6 Å². The second-order valence-corrected chi connectivity index (χ2v) is 9.53. The highest BCUT2D eigenvalue weighted by atomic mass is 35.5. The van der Waals surface area contributed by atoms with Gasteiger partial charge in [-0.1, -0.05) is 23.7 Å². The van der Waals surface area contributed by atoms with Crippen LogP contribution in [0.25, 0.3) is 11.5 Å². The van der Waals surface area contributed by atoms with Gasteiger partial charge in [0.05, 0.1) is 18.5 Å². The summed E-state index contributed by atoms with van der Waals surface area (Å²) < 4.78 is 26.7. The number of aromatic nitrogens is 4. The van der Waals surface area contributed by atoms with E-state index >= 15 is 0 Å². The minimum absolute atomic E-state index is 0.0913. The maximum absolute atomic E-state index is 13.9. The highest BCUT2D eigenvalue weighted by Crippen LogP contribution is 2.29. The Labute approximate surface area is 231 Å². The van der Waals surface area contributed by atoms with E-state index in [-0.39, 0.29) is 41.2 Å². The van der Waals surface area contributed by atoms with E-state index in [1.807, 2.05) is 6.92 Å². The molecule has 10 nitrogen and oxygen atoms in total. The lowest BCUT2D eigenvalue weighted by atomic mass is 10.2. The molecule has 2 amide bonds. The fourth-order valence-electron chi connectivity index (χ4n) is 4.47. The van der Waals surface area contributed by atoms with E-state index in [9.17, 15) is 14.0 Å². The first kappa shape index (κ1) is 28.6. The van der Waals surface area contributed by atoms with Crippen molar-refractivity contribution in [2.45, 2.75) is 52.4 Å². The van der Waals surface area contributed by atoms with Crippen molar-refractivity contribution < 1.29 is 23.5 Å². The quantitative estimate of drug-likeness (QED) is 0.258. The smallest absolute Gasteiger partial charge is 0.274 e. The molecule has 1 atom stereocenters. The van der Waals surface area contributed by atoms with Crippen molar-refractivity contribution in [3.8, 4) is 11.5 Å². The number of nitrogens with one attached hydrogen (secondary N) is 1. The molecule has 0 spiro atoms. The zero-order chi connectivity index (χ0) is 27.8.